The normalized spacial score (nSPS) is 19.4. The van der Waals surface area contributed by atoms with Crippen molar-refractivity contribution in [2.75, 3.05) is 6.61 Å². The van der Waals surface area contributed by atoms with Crippen molar-refractivity contribution in [2.24, 2.45) is 0 Å². The zero-order valence-electron chi connectivity index (χ0n) is 9.05. The Hall–Kier alpha value is -1.52. The highest BCUT2D eigenvalue weighted by molar-refractivity contribution is 6.27. The van der Waals surface area contributed by atoms with Gasteiger partial charge in [0.1, 0.15) is 6.04 Å². The number of aldehydes is 1. The Morgan fingerprint density at radius 3 is 3.00 bits per heavy atom. The van der Waals surface area contributed by atoms with E-state index in [1.807, 2.05) is 31.2 Å². The monoisotopic (exact) mass is 219 g/mol. The van der Waals surface area contributed by atoms with Crippen molar-refractivity contribution in [1.29, 1.82) is 0 Å². The Kier molecular flexibility index (Phi) is 3.12. The number of benzene rings is 1. The van der Waals surface area contributed by atoms with Crippen molar-refractivity contribution >= 4 is 12.1 Å². The molecular formula is C12H13NO3. The van der Waals surface area contributed by atoms with Crippen LogP contribution in [-0.2, 0) is 21.0 Å². The molecule has 1 aromatic carbocycles. The Balaban J connectivity index is 2.35. The third-order valence-corrected chi connectivity index (χ3v) is 2.64. The van der Waals surface area contributed by atoms with Crippen LogP contribution in [-0.4, -0.2) is 23.7 Å². The first kappa shape index (κ1) is 11.0. The lowest BCUT2D eigenvalue weighted by molar-refractivity contribution is -0.186. The zero-order chi connectivity index (χ0) is 11.5. The van der Waals surface area contributed by atoms with Gasteiger partial charge >= 0.3 is 0 Å². The van der Waals surface area contributed by atoms with Gasteiger partial charge in [0.15, 0.2) is 6.29 Å². The summed E-state index contributed by atoms with van der Waals surface area (Å²) >= 11 is 0. The Bertz CT molecular complexity index is 416. The molecule has 1 atom stereocenters. The highest BCUT2D eigenvalue weighted by Gasteiger charge is 2.35. The van der Waals surface area contributed by atoms with E-state index in [-0.39, 0.29) is 0 Å². The highest BCUT2D eigenvalue weighted by atomic mass is 16.7. The Morgan fingerprint density at radius 1 is 1.56 bits per heavy atom. The smallest absolute Gasteiger partial charge is 0.219 e. The molecule has 16 heavy (non-hydrogen) atoms. The molecule has 0 spiro atoms. The average molecular weight is 219 g/mol. The minimum atomic E-state index is -0.575. The van der Waals surface area contributed by atoms with Crippen molar-refractivity contribution in [2.45, 2.75) is 19.5 Å². The number of hydroxylamine groups is 2. The van der Waals surface area contributed by atoms with Gasteiger partial charge in [0.2, 0.25) is 5.78 Å². The van der Waals surface area contributed by atoms with Gasteiger partial charge < -0.3 is 0 Å². The SMILES string of the molecule is CCON1Cc2ccccc2C1C(=O)C=O. The molecule has 0 amide bonds. The van der Waals surface area contributed by atoms with Crippen LogP contribution in [0.1, 0.15) is 24.1 Å². The molecule has 1 heterocycles. The Morgan fingerprint density at radius 2 is 2.31 bits per heavy atom. The van der Waals surface area contributed by atoms with Crippen LogP contribution < -0.4 is 0 Å². The molecule has 4 nitrogen and oxygen atoms in total. The average Bonchev–Trinajstić information content (AvgIpc) is 2.66. The van der Waals surface area contributed by atoms with E-state index < -0.39 is 11.8 Å². The van der Waals surface area contributed by atoms with E-state index in [0.717, 1.165) is 11.1 Å². The fourth-order valence-electron chi connectivity index (χ4n) is 2.00. The first-order valence-electron chi connectivity index (χ1n) is 5.24. The van der Waals surface area contributed by atoms with Crippen LogP contribution in [0.4, 0.5) is 0 Å². The second-order valence-electron chi connectivity index (χ2n) is 3.61. The van der Waals surface area contributed by atoms with E-state index in [1.165, 1.54) is 0 Å². The standard InChI is InChI=1S/C12H13NO3/c1-2-16-13-7-9-5-3-4-6-10(9)12(13)11(15)8-14/h3-6,8,12H,2,7H2,1H3. The molecule has 1 aromatic rings. The summed E-state index contributed by atoms with van der Waals surface area (Å²) in [4.78, 5) is 27.6. The molecule has 0 aromatic heterocycles. The summed E-state index contributed by atoms with van der Waals surface area (Å²) in [5.74, 6) is -0.460. The van der Waals surface area contributed by atoms with Crippen LogP contribution in [0.5, 0.6) is 0 Å². The number of carbonyl (C=O) groups excluding carboxylic acids is 2. The second-order valence-corrected chi connectivity index (χ2v) is 3.61. The lowest BCUT2D eigenvalue weighted by atomic mass is 10.0. The summed E-state index contributed by atoms with van der Waals surface area (Å²) in [6, 6.07) is 7.00. The maximum atomic E-state index is 11.6. The van der Waals surface area contributed by atoms with Gasteiger partial charge in [0.05, 0.1) is 13.2 Å². The van der Waals surface area contributed by atoms with E-state index in [9.17, 15) is 9.59 Å². The second kappa shape index (κ2) is 4.55. The maximum absolute atomic E-state index is 11.6. The number of rotatable bonds is 4. The fourth-order valence-corrected chi connectivity index (χ4v) is 2.00. The molecule has 0 bridgehead atoms. The predicted molar refractivity (Wildman–Crippen MR) is 57.4 cm³/mol. The quantitative estimate of drug-likeness (QED) is 0.565. The summed E-state index contributed by atoms with van der Waals surface area (Å²) < 4.78 is 0. The van der Waals surface area contributed by atoms with Gasteiger partial charge in [-0.2, -0.15) is 5.06 Å². The van der Waals surface area contributed by atoms with Crippen molar-refractivity contribution in [1.82, 2.24) is 5.06 Å². The maximum Gasteiger partial charge on any atom is 0.219 e. The topological polar surface area (TPSA) is 46.6 Å². The molecule has 0 radical (unpaired) electrons. The third kappa shape index (κ3) is 1.77. The number of nitrogens with zero attached hydrogens (tertiary/aromatic N) is 1. The first-order valence-corrected chi connectivity index (χ1v) is 5.24. The predicted octanol–water partition coefficient (Wildman–Crippen LogP) is 1.26. The molecular weight excluding hydrogens is 206 g/mol. The van der Waals surface area contributed by atoms with E-state index in [1.54, 1.807) is 5.06 Å². The molecule has 1 aliphatic heterocycles. The highest BCUT2D eigenvalue weighted by Crippen LogP contribution is 2.33. The Labute approximate surface area is 93.8 Å². The number of carbonyl (C=O) groups is 2. The van der Waals surface area contributed by atoms with E-state index in [2.05, 4.69) is 0 Å². The largest absolute Gasteiger partial charge is 0.298 e. The van der Waals surface area contributed by atoms with Gasteiger partial charge in [-0.3, -0.25) is 14.4 Å². The van der Waals surface area contributed by atoms with Crippen LogP contribution in [0.15, 0.2) is 24.3 Å². The summed E-state index contributed by atoms with van der Waals surface area (Å²) in [5, 5.41) is 1.57. The van der Waals surface area contributed by atoms with Gasteiger partial charge in [-0.05, 0) is 18.1 Å². The molecule has 0 aliphatic carbocycles. The summed E-state index contributed by atoms with van der Waals surface area (Å²) in [7, 11) is 0. The summed E-state index contributed by atoms with van der Waals surface area (Å²) in [6.07, 6.45) is 0.360. The minimum absolute atomic E-state index is 0.360. The molecule has 1 unspecified atom stereocenters. The number of fused-ring (bicyclic) bond motifs is 1. The van der Waals surface area contributed by atoms with Crippen molar-refractivity contribution in [3.8, 4) is 0 Å². The number of Topliss-reactive ketones (excluding diaryl/α,β-unsaturated/α-hetero) is 1. The lowest BCUT2D eigenvalue weighted by Gasteiger charge is -2.20. The van der Waals surface area contributed by atoms with Crippen molar-refractivity contribution in [3.05, 3.63) is 35.4 Å². The molecule has 0 saturated heterocycles. The molecule has 84 valence electrons. The molecule has 0 saturated carbocycles. The molecule has 0 N–H and O–H groups in total. The third-order valence-electron chi connectivity index (χ3n) is 2.64. The lowest BCUT2D eigenvalue weighted by Crippen LogP contribution is -2.29. The fraction of sp³-hybridized carbons (Fsp3) is 0.333. The molecule has 0 fully saturated rings. The van der Waals surface area contributed by atoms with Gasteiger partial charge in [-0.15, -0.1) is 0 Å². The van der Waals surface area contributed by atoms with Crippen LogP contribution in [0.3, 0.4) is 0 Å². The van der Waals surface area contributed by atoms with Crippen molar-refractivity contribution < 1.29 is 14.4 Å². The number of ketones is 1. The molecule has 1 aliphatic rings. The molecule has 2 rings (SSSR count). The summed E-state index contributed by atoms with van der Waals surface area (Å²) in [5.41, 5.74) is 1.91. The van der Waals surface area contributed by atoms with E-state index in [0.29, 0.717) is 19.4 Å². The van der Waals surface area contributed by atoms with Crippen molar-refractivity contribution in [3.63, 3.8) is 0 Å². The molecule has 4 heteroatoms. The van der Waals surface area contributed by atoms with E-state index >= 15 is 0 Å². The van der Waals surface area contributed by atoms with Crippen LogP contribution in [0.25, 0.3) is 0 Å². The summed E-state index contributed by atoms with van der Waals surface area (Å²) in [6.45, 7) is 2.89. The van der Waals surface area contributed by atoms with Crippen LogP contribution in [0, 0.1) is 0 Å². The van der Waals surface area contributed by atoms with Gasteiger partial charge in [0.25, 0.3) is 0 Å². The number of hydrogen-bond donors (Lipinski definition) is 0. The van der Waals surface area contributed by atoms with E-state index in [4.69, 9.17) is 4.84 Å². The van der Waals surface area contributed by atoms with Gasteiger partial charge in [-0.1, -0.05) is 24.3 Å². The van der Waals surface area contributed by atoms with Crippen LogP contribution >= 0.6 is 0 Å². The van der Waals surface area contributed by atoms with Gasteiger partial charge in [0, 0.05) is 0 Å². The number of hydrogen-bond acceptors (Lipinski definition) is 4. The zero-order valence-corrected chi connectivity index (χ0v) is 9.05. The minimum Gasteiger partial charge on any atom is -0.298 e. The van der Waals surface area contributed by atoms with Gasteiger partial charge in [-0.25, -0.2) is 0 Å². The van der Waals surface area contributed by atoms with Crippen LogP contribution in [0.2, 0.25) is 0 Å². The first-order chi connectivity index (χ1) is 7.77.